The zero-order valence-electron chi connectivity index (χ0n) is 9.14. The van der Waals surface area contributed by atoms with Gasteiger partial charge in [0.15, 0.2) is 0 Å². The monoisotopic (exact) mass is 250 g/mol. The summed E-state index contributed by atoms with van der Waals surface area (Å²) < 4.78 is 15.3. The SMILES string of the molecule is Cn1nccc1Nc1ccc(C(N)=S)cc1F. The Morgan fingerprint density at radius 3 is 2.76 bits per heavy atom. The predicted molar refractivity (Wildman–Crippen MR) is 68.8 cm³/mol. The van der Waals surface area contributed by atoms with Crippen LogP contribution in [0.4, 0.5) is 15.9 Å². The van der Waals surface area contributed by atoms with Crippen LogP contribution in [0.2, 0.25) is 0 Å². The van der Waals surface area contributed by atoms with E-state index in [-0.39, 0.29) is 4.99 Å². The van der Waals surface area contributed by atoms with Crippen molar-refractivity contribution >= 4 is 28.7 Å². The molecule has 1 heterocycles. The molecular weight excluding hydrogens is 239 g/mol. The van der Waals surface area contributed by atoms with Crippen LogP contribution in [0.5, 0.6) is 0 Å². The van der Waals surface area contributed by atoms with Gasteiger partial charge in [0.05, 0.1) is 11.9 Å². The van der Waals surface area contributed by atoms with E-state index in [9.17, 15) is 4.39 Å². The van der Waals surface area contributed by atoms with Gasteiger partial charge in [0.25, 0.3) is 0 Å². The van der Waals surface area contributed by atoms with Crippen LogP contribution < -0.4 is 11.1 Å². The van der Waals surface area contributed by atoms with E-state index in [0.717, 1.165) is 0 Å². The second kappa shape index (κ2) is 4.50. The number of halogens is 1. The van der Waals surface area contributed by atoms with E-state index in [2.05, 4.69) is 10.4 Å². The first-order valence-corrected chi connectivity index (χ1v) is 5.33. The van der Waals surface area contributed by atoms with Gasteiger partial charge in [0.1, 0.15) is 16.6 Å². The minimum absolute atomic E-state index is 0.177. The molecule has 0 spiro atoms. The third kappa shape index (κ3) is 2.42. The van der Waals surface area contributed by atoms with Crippen LogP contribution in [0.3, 0.4) is 0 Å². The van der Waals surface area contributed by atoms with Crippen LogP contribution >= 0.6 is 12.2 Å². The van der Waals surface area contributed by atoms with Gasteiger partial charge in [-0.2, -0.15) is 5.10 Å². The van der Waals surface area contributed by atoms with E-state index >= 15 is 0 Å². The van der Waals surface area contributed by atoms with Gasteiger partial charge in [0, 0.05) is 18.7 Å². The van der Waals surface area contributed by atoms with Crippen molar-refractivity contribution in [3.63, 3.8) is 0 Å². The Morgan fingerprint density at radius 1 is 1.47 bits per heavy atom. The molecule has 1 aromatic carbocycles. The van der Waals surface area contributed by atoms with E-state index in [1.54, 1.807) is 36.1 Å². The van der Waals surface area contributed by atoms with E-state index in [4.69, 9.17) is 18.0 Å². The second-order valence-electron chi connectivity index (χ2n) is 3.52. The normalized spacial score (nSPS) is 10.2. The van der Waals surface area contributed by atoms with Gasteiger partial charge in [-0.1, -0.05) is 12.2 Å². The molecule has 4 nitrogen and oxygen atoms in total. The average Bonchev–Trinajstić information content (AvgIpc) is 2.67. The highest BCUT2D eigenvalue weighted by Crippen LogP contribution is 2.20. The molecule has 0 aliphatic heterocycles. The van der Waals surface area contributed by atoms with Gasteiger partial charge < -0.3 is 11.1 Å². The molecule has 0 unspecified atom stereocenters. The summed E-state index contributed by atoms with van der Waals surface area (Å²) in [5, 5.41) is 6.91. The fourth-order valence-electron chi connectivity index (χ4n) is 1.40. The number of aromatic nitrogens is 2. The zero-order valence-corrected chi connectivity index (χ0v) is 9.96. The molecule has 0 aliphatic rings. The summed E-state index contributed by atoms with van der Waals surface area (Å²) in [7, 11) is 1.77. The smallest absolute Gasteiger partial charge is 0.147 e. The first-order valence-electron chi connectivity index (χ1n) is 4.92. The van der Waals surface area contributed by atoms with Crippen molar-refractivity contribution in [2.24, 2.45) is 12.8 Å². The van der Waals surface area contributed by atoms with Gasteiger partial charge in [-0.15, -0.1) is 0 Å². The Kier molecular flexibility index (Phi) is 3.06. The van der Waals surface area contributed by atoms with Gasteiger partial charge in [-0.3, -0.25) is 4.68 Å². The number of anilines is 2. The number of nitrogens with zero attached hydrogens (tertiary/aromatic N) is 2. The summed E-state index contributed by atoms with van der Waals surface area (Å²) in [6.07, 6.45) is 1.63. The molecule has 0 bridgehead atoms. The molecule has 17 heavy (non-hydrogen) atoms. The fraction of sp³-hybridized carbons (Fsp3) is 0.0909. The lowest BCUT2D eigenvalue weighted by atomic mass is 10.2. The van der Waals surface area contributed by atoms with Crippen molar-refractivity contribution in [1.82, 2.24) is 9.78 Å². The highest BCUT2D eigenvalue weighted by molar-refractivity contribution is 7.80. The summed E-state index contributed by atoms with van der Waals surface area (Å²) in [5.74, 6) is 0.295. The van der Waals surface area contributed by atoms with Gasteiger partial charge in [-0.25, -0.2) is 4.39 Å². The maximum atomic E-state index is 13.7. The highest BCUT2D eigenvalue weighted by Gasteiger charge is 2.06. The van der Waals surface area contributed by atoms with Gasteiger partial charge in [-0.05, 0) is 18.2 Å². The third-order valence-electron chi connectivity index (χ3n) is 2.34. The van der Waals surface area contributed by atoms with Crippen molar-refractivity contribution in [2.45, 2.75) is 0 Å². The summed E-state index contributed by atoms with van der Waals surface area (Å²) in [6.45, 7) is 0. The Labute approximate surface area is 103 Å². The van der Waals surface area contributed by atoms with Crippen molar-refractivity contribution in [3.8, 4) is 0 Å². The molecule has 0 atom stereocenters. The van der Waals surface area contributed by atoms with Crippen molar-refractivity contribution in [1.29, 1.82) is 0 Å². The van der Waals surface area contributed by atoms with E-state index in [0.29, 0.717) is 17.1 Å². The number of hydrogen-bond acceptors (Lipinski definition) is 3. The maximum Gasteiger partial charge on any atom is 0.147 e. The molecule has 0 saturated heterocycles. The van der Waals surface area contributed by atoms with Crippen LogP contribution in [0.15, 0.2) is 30.5 Å². The minimum atomic E-state index is -0.406. The zero-order chi connectivity index (χ0) is 12.4. The molecule has 6 heteroatoms. The topological polar surface area (TPSA) is 55.9 Å². The van der Waals surface area contributed by atoms with Crippen molar-refractivity contribution < 1.29 is 4.39 Å². The molecule has 2 aromatic rings. The average molecular weight is 250 g/mol. The summed E-state index contributed by atoms with van der Waals surface area (Å²) in [6, 6.07) is 6.32. The highest BCUT2D eigenvalue weighted by atomic mass is 32.1. The quantitative estimate of drug-likeness (QED) is 0.817. The predicted octanol–water partition coefficient (Wildman–Crippen LogP) is 1.94. The van der Waals surface area contributed by atoms with Crippen LogP contribution in [0, 0.1) is 5.82 Å². The number of nitrogens with two attached hydrogens (primary N) is 1. The van der Waals surface area contributed by atoms with E-state index < -0.39 is 5.82 Å². The number of hydrogen-bond donors (Lipinski definition) is 2. The maximum absolute atomic E-state index is 13.7. The molecule has 0 saturated carbocycles. The first kappa shape index (κ1) is 11.5. The third-order valence-corrected chi connectivity index (χ3v) is 2.57. The lowest BCUT2D eigenvalue weighted by molar-refractivity contribution is 0.631. The first-order chi connectivity index (χ1) is 8.08. The Hall–Kier alpha value is -1.95. The molecule has 0 fully saturated rings. The lowest BCUT2D eigenvalue weighted by Gasteiger charge is -2.08. The molecule has 3 N–H and O–H groups in total. The summed E-state index contributed by atoms with van der Waals surface area (Å²) in [4.78, 5) is 0.177. The minimum Gasteiger partial charge on any atom is -0.389 e. The van der Waals surface area contributed by atoms with Crippen LogP contribution in [0.1, 0.15) is 5.56 Å². The fourth-order valence-corrected chi connectivity index (χ4v) is 1.53. The Morgan fingerprint density at radius 2 is 2.24 bits per heavy atom. The Bertz CT molecular complexity index is 564. The molecule has 88 valence electrons. The van der Waals surface area contributed by atoms with Crippen molar-refractivity contribution in [3.05, 3.63) is 41.8 Å². The molecule has 0 aliphatic carbocycles. The molecule has 1 aromatic heterocycles. The standard InChI is InChI=1S/C11H11FN4S/c1-16-10(4-5-14-16)15-9-3-2-7(11(13)17)6-8(9)12/h2-6,15H,1H3,(H2,13,17). The van der Waals surface area contributed by atoms with Gasteiger partial charge >= 0.3 is 0 Å². The van der Waals surface area contributed by atoms with Crippen LogP contribution in [-0.4, -0.2) is 14.8 Å². The molecule has 2 rings (SSSR count). The summed E-state index contributed by atoms with van der Waals surface area (Å²) >= 11 is 4.78. The van der Waals surface area contributed by atoms with Crippen LogP contribution in [0.25, 0.3) is 0 Å². The molecule has 0 radical (unpaired) electrons. The number of rotatable bonds is 3. The Balaban J connectivity index is 2.29. The van der Waals surface area contributed by atoms with Crippen LogP contribution in [-0.2, 0) is 7.05 Å². The lowest BCUT2D eigenvalue weighted by Crippen LogP contribution is -2.10. The number of aryl methyl sites for hydroxylation is 1. The number of nitrogens with one attached hydrogen (secondary N) is 1. The van der Waals surface area contributed by atoms with Gasteiger partial charge in [0.2, 0.25) is 0 Å². The summed E-state index contributed by atoms with van der Waals surface area (Å²) in [5.41, 5.74) is 6.29. The molecule has 0 amide bonds. The van der Waals surface area contributed by atoms with E-state index in [1.807, 2.05) is 0 Å². The number of thiocarbonyl (C=S) groups is 1. The second-order valence-corrected chi connectivity index (χ2v) is 3.96. The van der Waals surface area contributed by atoms with E-state index in [1.165, 1.54) is 6.07 Å². The largest absolute Gasteiger partial charge is 0.389 e. The molecular formula is C11H11FN4S. The number of benzene rings is 1. The van der Waals surface area contributed by atoms with Crippen molar-refractivity contribution in [2.75, 3.05) is 5.32 Å².